The minimum Gasteiger partial charge on any atom is -0.487 e. The van der Waals surface area contributed by atoms with Crippen LogP contribution in [-0.4, -0.2) is 34.9 Å². The van der Waals surface area contributed by atoms with E-state index in [2.05, 4.69) is 16.8 Å². The maximum atomic E-state index is 13.4. The van der Waals surface area contributed by atoms with Crippen molar-refractivity contribution in [3.8, 4) is 17.6 Å². The van der Waals surface area contributed by atoms with E-state index in [1.54, 1.807) is 17.3 Å². The van der Waals surface area contributed by atoms with Gasteiger partial charge in [-0.05, 0) is 32.6 Å². The van der Waals surface area contributed by atoms with Crippen molar-refractivity contribution in [1.82, 2.24) is 9.88 Å². The standard InChI is InChI=1S/C23H28F2N2O2/c1-23(2,21(24)25)22(28)27-14-17-11-19(27)18-13-26-12-16(20(18)29-17)10-6-9-15-7-4-3-5-8-15/h12-13,15,17,19,21H,3-5,7-9,11,14H2,1-2H3/t17-,19-/m0/s1. The third-order valence-corrected chi connectivity index (χ3v) is 6.53. The van der Waals surface area contributed by atoms with Gasteiger partial charge in [-0.25, -0.2) is 8.78 Å². The summed E-state index contributed by atoms with van der Waals surface area (Å²) in [4.78, 5) is 18.7. The molecule has 29 heavy (non-hydrogen) atoms. The summed E-state index contributed by atoms with van der Waals surface area (Å²) in [6.07, 6.45) is 8.37. The molecule has 2 bridgehead atoms. The van der Waals surface area contributed by atoms with Gasteiger partial charge in [-0.2, -0.15) is 0 Å². The summed E-state index contributed by atoms with van der Waals surface area (Å²) in [6.45, 7) is 2.92. The Bertz CT molecular complexity index is 837. The van der Waals surface area contributed by atoms with Crippen LogP contribution in [0.25, 0.3) is 0 Å². The Kier molecular flexibility index (Phi) is 5.50. The minimum atomic E-state index is -2.72. The number of aromatic nitrogens is 1. The van der Waals surface area contributed by atoms with Crippen LogP contribution in [0.1, 0.15) is 76.0 Å². The third-order valence-electron chi connectivity index (χ3n) is 6.53. The Morgan fingerprint density at radius 1 is 1.31 bits per heavy atom. The van der Waals surface area contributed by atoms with Crippen LogP contribution in [0.4, 0.5) is 8.78 Å². The van der Waals surface area contributed by atoms with E-state index in [1.807, 2.05) is 0 Å². The molecule has 1 amide bonds. The van der Waals surface area contributed by atoms with Crippen molar-refractivity contribution in [2.24, 2.45) is 11.3 Å². The molecule has 6 heteroatoms. The molecule has 2 fully saturated rings. The second kappa shape index (κ2) is 7.93. The number of nitrogens with zero attached hydrogens (tertiary/aromatic N) is 2. The second-order valence-corrected chi connectivity index (χ2v) is 9.09. The number of hydrogen-bond donors (Lipinski definition) is 0. The number of fused-ring (bicyclic) bond motifs is 4. The summed E-state index contributed by atoms with van der Waals surface area (Å²) in [6, 6.07) is -0.276. The number of alkyl halides is 2. The van der Waals surface area contributed by atoms with E-state index >= 15 is 0 Å². The fourth-order valence-electron chi connectivity index (χ4n) is 4.64. The largest absolute Gasteiger partial charge is 0.487 e. The molecule has 156 valence electrons. The molecule has 2 atom stereocenters. The number of amides is 1. The van der Waals surface area contributed by atoms with Gasteiger partial charge in [0, 0.05) is 30.8 Å². The fraction of sp³-hybridized carbons (Fsp3) is 0.652. The highest BCUT2D eigenvalue weighted by Crippen LogP contribution is 2.46. The molecule has 4 nitrogen and oxygen atoms in total. The summed E-state index contributed by atoms with van der Waals surface area (Å²) in [5.74, 6) is 7.32. The topological polar surface area (TPSA) is 42.4 Å². The first-order valence-corrected chi connectivity index (χ1v) is 10.6. The number of likely N-dealkylation sites (tertiary alicyclic amines) is 1. The van der Waals surface area contributed by atoms with E-state index < -0.39 is 17.7 Å². The van der Waals surface area contributed by atoms with Crippen molar-refractivity contribution < 1.29 is 18.3 Å². The molecule has 0 radical (unpaired) electrons. The van der Waals surface area contributed by atoms with Crippen molar-refractivity contribution in [3.05, 3.63) is 23.5 Å². The zero-order chi connectivity index (χ0) is 20.6. The smallest absolute Gasteiger partial charge is 0.252 e. The quantitative estimate of drug-likeness (QED) is 0.687. The van der Waals surface area contributed by atoms with Gasteiger partial charge in [-0.1, -0.05) is 31.1 Å². The number of pyridine rings is 1. The molecule has 0 unspecified atom stereocenters. The average molecular weight is 402 g/mol. The molecule has 4 rings (SSSR count). The predicted octanol–water partition coefficient (Wildman–Crippen LogP) is 4.73. The molecule has 2 aliphatic heterocycles. The van der Waals surface area contributed by atoms with Crippen LogP contribution in [0.15, 0.2) is 12.4 Å². The van der Waals surface area contributed by atoms with Crippen LogP contribution >= 0.6 is 0 Å². The summed E-state index contributed by atoms with van der Waals surface area (Å²) < 4.78 is 32.9. The maximum Gasteiger partial charge on any atom is 0.252 e. The lowest BCUT2D eigenvalue weighted by atomic mass is 9.87. The molecule has 0 spiro atoms. The minimum absolute atomic E-state index is 0.189. The van der Waals surface area contributed by atoms with Crippen molar-refractivity contribution in [2.75, 3.05) is 6.54 Å². The van der Waals surface area contributed by atoms with Gasteiger partial charge in [0.15, 0.2) is 0 Å². The van der Waals surface area contributed by atoms with E-state index in [4.69, 9.17) is 4.74 Å². The molecule has 1 aliphatic carbocycles. The highest BCUT2D eigenvalue weighted by atomic mass is 19.3. The van der Waals surface area contributed by atoms with E-state index in [0.717, 1.165) is 17.5 Å². The first kappa shape index (κ1) is 20.1. The van der Waals surface area contributed by atoms with E-state index in [1.165, 1.54) is 46.0 Å². The SMILES string of the molecule is CC(C)(C(=O)N1C[C@@H]2C[C@H]1c1cncc(C#CCC3CCCCC3)c1O2)C(F)F. The fourth-order valence-corrected chi connectivity index (χ4v) is 4.64. The van der Waals surface area contributed by atoms with Crippen molar-refractivity contribution in [2.45, 2.75) is 77.4 Å². The number of carbonyl (C=O) groups excluding carboxylic acids is 1. The Morgan fingerprint density at radius 2 is 2.07 bits per heavy atom. The Morgan fingerprint density at radius 3 is 2.79 bits per heavy atom. The second-order valence-electron chi connectivity index (χ2n) is 9.09. The number of ether oxygens (including phenoxy) is 1. The average Bonchev–Trinajstić information content (AvgIpc) is 3.06. The van der Waals surface area contributed by atoms with Gasteiger partial charge in [-0.15, -0.1) is 0 Å². The van der Waals surface area contributed by atoms with Crippen LogP contribution < -0.4 is 4.74 Å². The number of hydrogen-bond acceptors (Lipinski definition) is 3. The Balaban J connectivity index is 1.56. The van der Waals surface area contributed by atoms with E-state index in [0.29, 0.717) is 24.6 Å². The summed E-state index contributed by atoms with van der Waals surface area (Å²) in [7, 11) is 0. The molecular weight excluding hydrogens is 374 g/mol. The van der Waals surface area contributed by atoms with Gasteiger partial charge in [-0.3, -0.25) is 9.78 Å². The number of rotatable bonds is 3. The molecule has 1 aromatic rings. The molecule has 3 aliphatic rings. The van der Waals surface area contributed by atoms with Gasteiger partial charge < -0.3 is 9.64 Å². The lowest BCUT2D eigenvalue weighted by molar-refractivity contribution is -0.149. The summed E-state index contributed by atoms with van der Waals surface area (Å²) in [5.41, 5.74) is -0.209. The first-order chi connectivity index (χ1) is 13.9. The maximum absolute atomic E-state index is 13.4. The number of halogens is 2. The molecule has 3 heterocycles. The normalized spacial score (nSPS) is 24.0. The van der Waals surface area contributed by atoms with Crippen LogP contribution in [0, 0.1) is 23.2 Å². The van der Waals surface area contributed by atoms with Crippen LogP contribution in [0.5, 0.6) is 5.75 Å². The molecule has 1 saturated carbocycles. The molecule has 0 aromatic carbocycles. The monoisotopic (exact) mass is 402 g/mol. The predicted molar refractivity (Wildman–Crippen MR) is 106 cm³/mol. The molecule has 1 aromatic heterocycles. The highest BCUT2D eigenvalue weighted by molar-refractivity contribution is 5.83. The van der Waals surface area contributed by atoms with Gasteiger partial charge in [0.1, 0.15) is 17.3 Å². The van der Waals surface area contributed by atoms with Crippen molar-refractivity contribution >= 4 is 5.91 Å². The third kappa shape index (κ3) is 3.84. The Labute approximate surface area is 171 Å². The lowest BCUT2D eigenvalue weighted by Gasteiger charge is -2.32. The molecule has 1 saturated heterocycles. The van der Waals surface area contributed by atoms with Crippen molar-refractivity contribution in [1.29, 1.82) is 0 Å². The molecule has 0 N–H and O–H groups in total. The van der Waals surface area contributed by atoms with Gasteiger partial charge in [0.05, 0.1) is 18.2 Å². The van der Waals surface area contributed by atoms with E-state index in [9.17, 15) is 13.6 Å². The number of carbonyl (C=O) groups is 1. The van der Waals surface area contributed by atoms with Crippen LogP contribution in [0.2, 0.25) is 0 Å². The van der Waals surface area contributed by atoms with Crippen LogP contribution in [-0.2, 0) is 4.79 Å². The van der Waals surface area contributed by atoms with E-state index in [-0.39, 0.29) is 12.1 Å². The highest BCUT2D eigenvalue weighted by Gasteiger charge is 2.49. The zero-order valence-electron chi connectivity index (χ0n) is 17.1. The zero-order valence-corrected chi connectivity index (χ0v) is 17.1. The van der Waals surface area contributed by atoms with Gasteiger partial charge in [0.25, 0.3) is 6.43 Å². The molecular formula is C23H28F2N2O2. The lowest BCUT2D eigenvalue weighted by Crippen LogP contribution is -2.44. The summed E-state index contributed by atoms with van der Waals surface area (Å²) in [5, 5.41) is 0. The van der Waals surface area contributed by atoms with Crippen LogP contribution in [0.3, 0.4) is 0 Å². The Hall–Kier alpha value is -2.16. The van der Waals surface area contributed by atoms with Crippen molar-refractivity contribution in [3.63, 3.8) is 0 Å². The van der Waals surface area contributed by atoms with Gasteiger partial charge in [0.2, 0.25) is 5.91 Å². The van der Waals surface area contributed by atoms with Gasteiger partial charge >= 0.3 is 0 Å². The summed E-state index contributed by atoms with van der Waals surface area (Å²) >= 11 is 0. The first-order valence-electron chi connectivity index (χ1n) is 10.6.